The summed E-state index contributed by atoms with van der Waals surface area (Å²) < 4.78 is 11.3. The average Bonchev–Trinajstić information content (AvgIpc) is 3.13. The van der Waals surface area contributed by atoms with Gasteiger partial charge in [0, 0.05) is 6.04 Å². The van der Waals surface area contributed by atoms with Crippen LogP contribution in [0.2, 0.25) is 0 Å². The zero-order valence-electron chi connectivity index (χ0n) is 19.6. The number of thioether (sulfide) groups is 1. The Morgan fingerprint density at radius 1 is 1.26 bits per heavy atom. The fraction of sp³-hybridized carbons (Fsp3) is 0.346. The SMILES string of the molecule is COc1cc(/C=C2\SC(=Nc3ccccc3)N([C@H]3CCCC[C@H]3C)C2=O)cc(Br)c1OCC(=O)O. The highest BCUT2D eigenvalue weighted by molar-refractivity contribution is 9.10. The van der Waals surface area contributed by atoms with Crippen LogP contribution in [0.25, 0.3) is 6.08 Å². The van der Waals surface area contributed by atoms with Gasteiger partial charge in [-0.05, 0) is 82.4 Å². The second-order valence-electron chi connectivity index (χ2n) is 8.56. The van der Waals surface area contributed by atoms with Crippen LogP contribution in [-0.2, 0) is 9.59 Å². The van der Waals surface area contributed by atoms with Gasteiger partial charge in [-0.3, -0.25) is 9.69 Å². The second-order valence-corrected chi connectivity index (χ2v) is 10.4. The number of benzene rings is 2. The number of carboxylic acids is 1. The van der Waals surface area contributed by atoms with Crippen molar-refractivity contribution in [1.29, 1.82) is 0 Å². The molecule has 7 nitrogen and oxygen atoms in total. The first-order valence-electron chi connectivity index (χ1n) is 11.5. The molecular formula is C26H27BrN2O5S. The molecule has 1 saturated heterocycles. The molecule has 0 aromatic heterocycles. The Hall–Kier alpha value is -2.78. The van der Waals surface area contributed by atoms with Crippen LogP contribution in [0.1, 0.15) is 38.2 Å². The van der Waals surface area contributed by atoms with Gasteiger partial charge in [-0.15, -0.1) is 0 Å². The molecule has 1 N–H and O–H groups in total. The molecule has 1 amide bonds. The fourth-order valence-corrected chi connectivity index (χ4v) is 6.02. The monoisotopic (exact) mass is 558 g/mol. The van der Waals surface area contributed by atoms with Crippen molar-refractivity contribution in [2.24, 2.45) is 10.9 Å². The summed E-state index contributed by atoms with van der Waals surface area (Å²) in [7, 11) is 1.48. The van der Waals surface area contributed by atoms with Gasteiger partial charge < -0.3 is 14.6 Å². The Labute approximate surface area is 217 Å². The number of halogens is 1. The Morgan fingerprint density at radius 2 is 2.00 bits per heavy atom. The van der Waals surface area contributed by atoms with Crippen LogP contribution < -0.4 is 9.47 Å². The number of methoxy groups -OCH3 is 1. The number of nitrogens with zero attached hydrogens (tertiary/aromatic N) is 2. The third-order valence-corrected chi connectivity index (χ3v) is 7.68. The molecule has 0 spiro atoms. The third-order valence-electron chi connectivity index (χ3n) is 6.11. The Balaban J connectivity index is 1.70. The number of hydrogen-bond donors (Lipinski definition) is 1. The zero-order valence-corrected chi connectivity index (χ0v) is 22.0. The van der Waals surface area contributed by atoms with E-state index in [-0.39, 0.29) is 11.9 Å². The zero-order chi connectivity index (χ0) is 24.9. The number of para-hydroxylation sites is 1. The molecule has 0 bridgehead atoms. The van der Waals surface area contributed by atoms with E-state index in [4.69, 9.17) is 19.6 Å². The molecule has 1 heterocycles. The largest absolute Gasteiger partial charge is 0.493 e. The minimum Gasteiger partial charge on any atom is -0.493 e. The topological polar surface area (TPSA) is 88.4 Å². The van der Waals surface area contributed by atoms with Gasteiger partial charge in [0.05, 0.1) is 22.2 Å². The van der Waals surface area contributed by atoms with Gasteiger partial charge in [-0.2, -0.15) is 0 Å². The van der Waals surface area contributed by atoms with Crippen LogP contribution in [0, 0.1) is 5.92 Å². The maximum atomic E-state index is 13.7. The molecule has 2 aromatic rings. The highest BCUT2D eigenvalue weighted by Crippen LogP contribution is 2.42. The van der Waals surface area contributed by atoms with E-state index in [1.54, 1.807) is 12.1 Å². The molecule has 0 radical (unpaired) electrons. The minimum absolute atomic E-state index is 0.0512. The fourth-order valence-electron chi connectivity index (χ4n) is 4.40. The van der Waals surface area contributed by atoms with Gasteiger partial charge >= 0.3 is 5.97 Å². The molecule has 4 rings (SSSR count). The number of carboxylic acid groups (broad SMARTS) is 1. The summed E-state index contributed by atoms with van der Waals surface area (Å²) in [5.74, 6) is -0.0658. The van der Waals surface area contributed by atoms with Gasteiger partial charge in [-0.1, -0.05) is 38.0 Å². The first-order valence-corrected chi connectivity index (χ1v) is 13.1. The number of aliphatic imine (C=N–C) groups is 1. The molecule has 0 unspecified atom stereocenters. The summed E-state index contributed by atoms with van der Waals surface area (Å²) in [6, 6.07) is 13.3. The van der Waals surface area contributed by atoms with Crippen molar-refractivity contribution < 1.29 is 24.2 Å². The van der Waals surface area contributed by atoms with Gasteiger partial charge in [0.25, 0.3) is 5.91 Å². The Kier molecular flexibility index (Phi) is 8.18. The molecule has 2 atom stereocenters. The maximum absolute atomic E-state index is 13.7. The number of amides is 1. The number of carbonyl (C=O) groups is 2. The smallest absolute Gasteiger partial charge is 0.341 e. The number of hydrogen-bond acceptors (Lipinski definition) is 6. The number of carbonyl (C=O) groups excluding carboxylic acids is 1. The van der Waals surface area contributed by atoms with Gasteiger partial charge in [-0.25, -0.2) is 9.79 Å². The third kappa shape index (κ3) is 5.90. The summed E-state index contributed by atoms with van der Waals surface area (Å²) >= 11 is 4.81. The van der Waals surface area contributed by atoms with E-state index in [2.05, 4.69) is 22.9 Å². The first kappa shape index (κ1) is 25.3. The lowest BCUT2D eigenvalue weighted by Gasteiger charge is -2.35. The molecule has 9 heteroatoms. The number of ether oxygens (including phenoxy) is 2. The summed E-state index contributed by atoms with van der Waals surface area (Å²) in [6.45, 7) is 1.72. The van der Waals surface area contributed by atoms with Crippen LogP contribution in [0.5, 0.6) is 11.5 Å². The normalized spacial score (nSPS) is 22.6. The molecule has 2 aliphatic rings. The first-order chi connectivity index (χ1) is 16.9. The lowest BCUT2D eigenvalue weighted by molar-refractivity contribution is -0.139. The Bertz CT molecular complexity index is 1170. The standard InChI is InChI=1S/C26H27BrN2O5S/c1-16-8-6-7-11-20(16)29-25(32)22(35-26(29)28-18-9-4-3-5-10-18)14-17-12-19(27)24(21(13-17)33-2)34-15-23(30)31/h3-5,9-10,12-14,16,20H,6-8,11,15H2,1-2H3,(H,30,31)/b22-14-,28-26?/t16-,20+/m1/s1. The van der Waals surface area contributed by atoms with Crippen molar-refractivity contribution in [2.75, 3.05) is 13.7 Å². The van der Waals surface area contributed by atoms with Crippen molar-refractivity contribution in [2.45, 2.75) is 38.6 Å². The molecule has 184 valence electrons. The van der Waals surface area contributed by atoms with E-state index in [1.807, 2.05) is 41.3 Å². The van der Waals surface area contributed by atoms with Gasteiger partial charge in [0.15, 0.2) is 23.3 Å². The van der Waals surface area contributed by atoms with Crippen molar-refractivity contribution in [3.63, 3.8) is 0 Å². The highest BCUT2D eigenvalue weighted by Gasteiger charge is 2.41. The van der Waals surface area contributed by atoms with Crippen molar-refractivity contribution >= 4 is 56.5 Å². The van der Waals surface area contributed by atoms with Crippen LogP contribution in [0.15, 0.2) is 56.8 Å². The van der Waals surface area contributed by atoms with Crippen LogP contribution in [0.4, 0.5) is 5.69 Å². The number of amidine groups is 1. The number of rotatable bonds is 7. The molecule has 1 aliphatic carbocycles. The van der Waals surface area contributed by atoms with E-state index in [0.29, 0.717) is 32.0 Å². The van der Waals surface area contributed by atoms with E-state index in [9.17, 15) is 9.59 Å². The molecule has 2 fully saturated rings. The van der Waals surface area contributed by atoms with E-state index in [0.717, 1.165) is 30.5 Å². The summed E-state index contributed by atoms with van der Waals surface area (Å²) in [5.41, 5.74) is 1.53. The van der Waals surface area contributed by atoms with Gasteiger partial charge in [0.2, 0.25) is 0 Å². The Morgan fingerprint density at radius 3 is 2.69 bits per heavy atom. The second kappa shape index (κ2) is 11.3. The van der Waals surface area contributed by atoms with Crippen molar-refractivity contribution in [3.05, 3.63) is 57.4 Å². The van der Waals surface area contributed by atoms with Crippen molar-refractivity contribution in [1.82, 2.24) is 4.90 Å². The van der Waals surface area contributed by atoms with Crippen LogP contribution >= 0.6 is 27.7 Å². The van der Waals surface area contributed by atoms with Crippen molar-refractivity contribution in [3.8, 4) is 11.5 Å². The van der Waals surface area contributed by atoms with Gasteiger partial charge in [0.1, 0.15) is 0 Å². The predicted molar refractivity (Wildman–Crippen MR) is 141 cm³/mol. The molecule has 35 heavy (non-hydrogen) atoms. The average molecular weight is 559 g/mol. The van der Waals surface area contributed by atoms with Crippen LogP contribution in [0.3, 0.4) is 0 Å². The van der Waals surface area contributed by atoms with E-state index < -0.39 is 12.6 Å². The van der Waals surface area contributed by atoms with Crippen LogP contribution in [-0.4, -0.2) is 46.8 Å². The lowest BCUT2D eigenvalue weighted by atomic mass is 9.85. The maximum Gasteiger partial charge on any atom is 0.341 e. The summed E-state index contributed by atoms with van der Waals surface area (Å²) in [6.07, 6.45) is 6.16. The summed E-state index contributed by atoms with van der Waals surface area (Å²) in [4.78, 5) is 31.9. The molecular weight excluding hydrogens is 532 g/mol. The lowest BCUT2D eigenvalue weighted by Crippen LogP contribution is -2.44. The van der Waals surface area contributed by atoms with E-state index in [1.165, 1.54) is 25.3 Å². The molecule has 2 aromatic carbocycles. The molecule has 1 aliphatic heterocycles. The number of aliphatic carboxylic acids is 1. The quantitative estimate of drug-likeness (QED) is 0.413. The summed E-state index contributed by atoms with van der Waals surface area (Å²) in [5, 5.41) is 9.63. The highest BCUT2D eigenvalue weighted by atomic mass is 79.9. The minimum atomic E-state index is -1.08. The van der Waals surface area contributed by atoms with E-state index >= 15 is 0 Å². The predicted octanol–water partition coefficient (Wildman–Crippen LogP) is 6.10. The molecule has 1 saturated carbocycles.